The molecule has 0 heterocycles. The fraction of sp³-hybridized carbons (Fsp3) is 0.714. The van der Waals surface area contributed by atoms with Crippen molar-refractivity contribution in [3.05, 3.63) is 0 Å². The second kappa shape index (κ2) is 5.05. The summed E-state index contributed by atoms with van der Waals surface area (Å²) in [6.07, 6.45) is 0. The summed E-state index contributed by atoms with van der Waals surface area (Å²) in [5, 5.41) is 4.95. The van der Waals surface area contributed by atoms with Gasteiger partial charge >= 0.3 is 0 Å². The van der Waals surface area contributed by atoms with E-state index in [9.17, 15) is 0 Å². The molecule has 0 aliphatic carbocycles. The molecule has 0 aromatic rings. The van der Waals surface area contributed by atoms with Gasteiger partial charge in [-0.2, -0.15) is 0 Å². The van der Waals surface area contributed by atoms with Crippen molar-refractivity contribution in [3.8, 4) is 0 Å². The average molecular weight is 247 g/mol. The summed E-state index contributed by atoms with van der Waals surface area (Å²) in [6.45, 7) is 8.67. The van der Waals surface area contributed by atoms with Crippen molar-refractivity contribution >= 4 is 51.2 Å². The first kappa shape index (κ1) is 13.0. The summed E-state index contributed by atoms with van der Waals surface area (Å²) < 4.78 is 8.48. The van der Waals surface area contributed by atoms with Gasteiger partial charge in [-0.15, -0.1) is 0 Å². The van der Waals surface area contributed by atoms with E-state index in [0.29, 0.717) is 0 Å². The molecule has 0 saturated heterocycles. The molecular formula is C7H14N2S2Si2. The van der Waals surface area contributed by atoms with Gasteiger partial charge in [0.2, 0.25) is 0 Å². The molecule has 0 amide bonds. The van der Waals surface area contributed by atoms with Crippen LogP contribution in [0.4, 0.5) is 0 Å². The van der Waals surface area contributed by atoms with E-state index in [0.717, 1.165) is 5.67 Å². The quantitative estimate of drug-likeness (QED) is 0.432. The van der Waals surface area contributed by atoms with Crippen LogP contribution in [0.1, 0.15) is 0 Å². The van der Waals surface area contributed by atoms with Crippen LogP contribution in [0.25, 0.3) is 0 Å². The van der Waals surface area contributed by atoms with E-state index in [-0.39, 0.29) is 0 Å². The molecule has 0 aliphatic rings. The second-order valence-electron chi connectivity index (χ2n) is 4.21. The van der Waals surface area contributed by atoms with Gasteiger partial charge in [0.05, 0.1) is 0 Å². The minimum Gasteiger partial charge on any atom is -0.274 e. The van der Waals surface area contributed by atoms with Gasteiger partial charge in [-0.1, -0.05) is 0 Å². The molecule has 0 fully saturated rings. The van der Waals surface area contributed by atoms with Crippen LogP contribution in [0, 0.1) is 0 Å². The third-order valence-corrected chi connectivity index (χ3v) is 10.4. The number of isothiocyanates is 2. The van der Waals surface area contributed by atoms with Crippen LogP contribution in [0.5, 0.6) is 0 Å². The predicted molar refractivity (Wildman–Crippen MR) is 69.8 cm³/mol. The first-order chi connectivity index (χ1) is 5.83. The summed E-state index contributed by atoms with van der Waals surface area (Å²) in [5.41, 5.74) is 1.05. The lowest BCUT2D eigenvalue weighted by molar-refractivity contribution is 1.43. The lowest BCUT2D eigenvalue weighted by Gasteiger charge is -2.22. The third-order valence-electron chi connectivity index (χ3n) is 1.56. The van der Waals surface area contributed by atoms with Crippen molar-refractivity contribution in [3.63, 3.8) is 0 Å². The van der Waals surface area contributed by atoms with Gasteiger partial charge in [0.15, 0.2) is 16.5 Å². The first-order valence-corrected chi connectivity index (χ1v) is 11.1. The average Bonchev–Trinajstić information content (AvgIpc) is 1.82. The largest absolute Gasteiger partial charge is 0.274 e. The Balaban J connectivity index is 4.59. The van der Waals surface area contributed by atoms with Crippen LogP contribution >= 0.6 is 24.4 Å². The van der Waals surface area contributed by atoms with E-state index in [2.05, 4.69) is 70.3 Å². The number of rotatable bonds is 4. The van der Waals surface area contributed by atoms with Crippen LogP contribution in [0.3, 0.4) is 0 Å². The fourth-order valence-electron chi connectivity index (χ4n) is 1.38. The Bertz CT molecular complexity index is 248. The van der Waals surface area contributed by atoms with Crippen molar-refractivity contribution in [2.24, 2.45) is 9.32 Å². The standard InChI is InChI=1S/C7H14N2S2Si2/c1-12(2,8-5-10)7-13(3,4)9-6-11/h7H2,1-4H3. The van der Waals surface area contributed by atoms with Gasteiger partial charge in [0.25, 0.3) is 0 Å². The molecule has 0 saturated carbocycles. The zero-order valence-corrected chi connectivity index (χ0v) is 12.1. The third kappa shape index (κ3) is 6.15. The molecule has 0 radical (unpaired) electrons. The van der Waals surface area contributed by atoms with Gasteiger partial charge in [-0.3, -0.25) is 9.32 Å². The van der Waals surface area contributed by atoms with Crippen molar-refractivity contribution in [2.75, 3.05) is 0 Å². The van der Waals surface area contributed by atoms with Crippen LogP contribution in [0.15, 0.2) is 9.32 Å². The van der Waals surface area contributed by atoms with E-state index in [1.807, 2.05) is 0 Å². The van der Waals surface area contributed by atoms with E-state index in [1.165, 1.54) is 0 Å². The van der Waals surface area contributed by atoms with Crippen molar-refractivity contribution < 1.29 is 0 Å². The Labute approximate surface area is 92.4 Å². The normalized spacial score (nSPS) is 11.4. The molecule has 0 atom stereocenters. The van der Waals surface area contributed by atoms with E-state index in [4.69, 9.17) is 0 Å². The van der Waals surface area contributed by atoms with Crippen LogP contribution in [-0.4, -0.2) is 26.8 Å². The van der Waals surface area contributed by atoms with Crippen molar-refractivity contribution in [1.82, 2.24) is 0 Å². The highest BCUT2D eigenvalue weighted by molar-refractivity contribution is 7.78. The van der Waals surface area contributed by atoms with Gasteiger partial charge in [-0.05, 0) is 56.3 Å². The maximum Gasteiger partial charge on any atom is 0.188 e. The minimum atomic E-state index is -1.58. The van der Waals surface area contributed by atoms with Gasteiger partial charge in [0, 0.05) is 10.3 Å². The molecule has 0 spiro atoms. The first-order valence-electron chi connectivity index (χ1n) is 4.01. The molecule has 0 bridgehead atoms. The molecule has 0 aromatic carbocycles. The molecule has 72 valence electrons. The summed E-state index contributed by atoms with van der Waals surface area (Å²) >= 11 is 9.24. The Morgan fingerprint density at radius 3 is 1.46 bits per heavy atom. The Morgan fingerprint density at radius 1 is 0.923 bits per heavy atom. The second-order valence-corrected chi connectivity index (χ2v) is 13.7. The molecule has 0 aromatic heterocycles. The van der Waals surface area contributed by atoms with Crippen molar-refractivity contribution in [2.45, 2.75) is 31.9 Å². The number of thiocarbonyl (C=S) groups is 2. The number of nitrogens with zero attached hydrogens (tertiary/aromatic N) is 2. The van der Waals surface area contributed by atoms with E-state index in [1.54, 1.807) is 0 Å². The Morgan fingerprint density at radius 2 is 1.23 bits per heavy atom. The number of hydrogen-bond donors (Lipinski definition) is 0. The minimum absolute atomic E-state index is 1.05. The summed E-state index contributed by atoms with van der Waals surface area (Å²) in [6, 6.07) is 0. The van der Waals surface area contributed by atoms with Gasteiger partial charge in [0.1, 0.15) is 0 Å². The van der Waals surface area contributed by atoms with Gasteiger partial charge in [-0.25, -0.2) is 0 Å². The molecular weight excluding hydrogens is 232 g/mol. The summed E-state index contributed by atoms with van der Waals surface area (Å²) in [7, 11) is -3.17. The summed E-state index contributed by atoms with van der Waals surface area (Å²) in [4.78, 5) is 0. The molecule has 0 N–H and O–H groups in total. The Hall–Kier alpha value is 0.0338. The van der Waals surface area contributed by atoms with E-state index >= 15 is 0 Å². The predicted octanol–water partition coefficient (Wildman–Crippen LogP) is 3.14. The fourth-order valence-corrected chi connectivity index (χ4v) is 12.5. The lowest BCUT2D eigenvalue weighted by atomic mass is 11.7. The van der Waals surface area contributed by atoms with Crippen molar-refractivity contribution in [1.29, 1.82) is 0 Å². The highest BCUT2D eigenvalue weighted by Crippen LogP contribution is 2.20. The van der Waals surface area contributed by atoms with Gasteiger partial charge < -0.3 is 0 Å². The maximum absolute atomic E-state index is 4.62. The Kier molecular flexibility index (Phi) is 5.06. The highest BCUT2D eigenvalue weighted by atomic mass is 32.1. The van der Waals surface area contributed by atoms with Crippen LogP contribution in [-0.2, 0) is 0 Å². The maximum atomic E-state index is 4.62. The summed E-state index contributed by atoms with van der Waals surface area (Å²) in [5.74, 6) is 0. The molecule has 6 heteroatoms. The smallest absolute Gasteiger partial charge is 0.188 e. The van der Waals surface area contributed by atoms with Crippen LogP contribution in [0.2, 0.25) is 31.9 Å². The SMILES string of the molecule is C[Si](C)(C[Si](C)(C)N=C=S)N=C=S. The monoisotopic (exact) mass is 246 g/mol. The van der Waals surface area contributed by atoms with E-state index < -0.39 is 16.5 Å². The molecule has 0 rings (SSSR count). The highest BCUT2D eigenvalue weighted by Gasteiger charge is 2.32. The molecule has 2 nitrogen and oxygen atoms in total. The molecule has 0 unspecified atom stereocenters. The molecule has 0 aliphatic heterocycles. The lowest BCUT2D eigenvalue weighted by Crippen LogP contribution is -2.37. The van der Waals surface area contributed by atoms with Crippen LogP contribution < -0.4 is 0 Å². The number of hydrogen-bond acceptors (Lipinski definition) is 4. The zero-order chi connectivity index (χ0) is 10.5. The molecule has 13 heavy (non-hydrogen) atoms. The zero-order valence-electron chi connectivity index (χ0n) is 8.42. The topological polar surface area (TPSA) is 24.7 Å².